The molecule has 5 nitrogen and oxygen atoms in total. The topological polar surface area (TPSA) is 69.6 Å². The molecule has 0 aromatic heterocycles. The number of rotatable bonds is 4. The summed E-state index contributed by atoms with van der Waals surface area (Å²) < 4.78 is 0. The number of carbonyl (C=O) groups is 2. The number of piperazine rings is 1. The zero-order chi connectivity index (χ0) is 12.3. The molecule has 0 aromatic carbocycles. The second kappa shape index (κ2) is 5.49. The zero-order valence-electron chi connectivity index (χ0n) is 10.0. The summed E-state index contributed by atoms with van der Waals surface area (Å²) in [6, 6.07) is 0.713. The van der Waals surface area contributed by atoms with Crippen molar-refractivity contribution >= 4 is 11.9 Å². The summed E-state index contributed by atoms with van der Waals surface area (Å²) in [4.78, 5) is 24.2. The highest BCUT2D eigenvalue weighted by Crippen LogP contribution is 2.25. The Bertz CT molecular complexity index is 306. The van der Waals surface area contributed by atoms with E-state index in [1.165, 1.54) is 12.8 Å². The number of carbonyl (C=O) groups excluding carboxylic acids is 1. The predicted octanol–water partition coefficient (Wildman–Crippen LogP) is 0.594. The van der Waals surface area contributed by atoms with Gasteiger partial charge in [0, 0.05) is 18.5 Å². The lowest BCUT2D eigenvalue weighted by atomic mass is 9.87. The molecule has 17 heavy (non-hydrogen) atoms. The third-order valence-electron chi connectivity index (χ3n) is 3.73. The van der Waals surface area contributed by atoms with Gasteiger partial charge in [-0.15, -0.1) is 0 Å². The van der Waals surface area contributed by atoms with E-state index in [9.17, 15) is 9.59 Å². The summed E-state index contributed by atoms with van der Waals surface area (Å²) in [7, 11) is 0. The van der Waals surface area contributed by atoms with Crippen LogP contribution >= 0.6 is 0 Å². The highest BCUT2D eigenvalue weighted by molar-refractivity contribution is 5.79. The molecule has 2 aliphatic rings. The number of hydrogen-bond acceptors (Lipinski definition) is 3. The summed E-state index contributed by atoms with van der Waals surface area (Å²) in [6.07, 6.45) is 5.40. The van der Waals surface area contributed by atoms with Gasteiger partial charge in [0.05, 0.1) is 6.54 Å². The lowest BCUT2D eigenvalue weighted by Crippen LogP contribution is -2.61. The number of carboxylic acid groups (broad SMARTS) is 1. The maximum Gasteiger partial charge on any atom is 0.303 e. The smallest absolute Gasteiger partial charge is 0.303 e. The molecule has 1 saturated heterocycles. The molecule has 96 valence electrons. The second-order valence-electron chi connectivity index (χ2n) is 4.99. The molecule has 1 heterocycles. The number of fused-ring (bicyclic) bond motifs is 1. The Hall–Kier alpha value is -1.10. The average Bonchev–Trinajstić information content (AvgIpc) is 2.28. The minimum absolute atomic E-state index is 0.0866. The summed E-state index contributed by atoms with van der Waals surface area (Å²) >= 11 is 0. The fourth-order valence-electron chi connectivity index (χ4n) is 2.95. The molecule has 2 unspecified atom stereocenters. The van der Waals surface area contributed by atoms with E-state index in [1.54, 1.807) is 0 Å². The van der Waals surface area contributed by atoms with Crippen molar-refractivity contribution in [2.75, 3.05) is 13.1 Å². The molecule has 2 atom stereocenters. The van der Waals surface area contributed by atoms with Crippen LogP contribution in [0.15, 0.2) is 0 Å². The summed E-state index contributed by atoms with van der Waals surface area (Å²) in [5.74, 6) is -0.671. The average molecular weight is 240 g/mol. The van der Waals surface area contributed by atoms with Gasteiger partial charge in [-0.25, -0.2) is 0 Å². The van der Waals surface area contributed by atoms with Gasteiger partial charge in [0.15, 0.2) is 0 Å². The van der Waals surface area contributed by atoms with Crippen LogP contribution in [0.2, 0.25) is 0 Å². The first-order chi connectivity index (χ1) is 8.16. The Balaban J connectivity index is 1.89. The van der Waals surface area contributed by atoms with Crippen molar-refractivity contribution in [3.63, 3.8) is 0 Å². The van der Waals surface area contributed by atoms with E-state index in [1.807, 2.05) is 0 Å². The van der Waals surface area contributed by atoms with E-state index < -0.39 is 5.97 Å². The van der Waals surface area contributed by atoms with Gasteiger partial charge in [0.1, 0.15) is 0 Å². The molecule has 0 spiro atoms. The molecule has 1 saturated carbocycles. The SMILES string of the molecule is O=C(O)CCCN1CC(=O)NC2CCCCC21. The van der Waals surface area contributed by atoms with Gasteiger partial charge in [-0.2, -0.15) is 0 Å². The van der Waals surface area contributed by atoms with Crippen molar-refractivity contribution < 1.29 is 14.7 Å². The lowest BCUT2D eigenvalue weighted by molar-refractivity contribution is -0.137. The molecule has 2 rings (SSSR count). The van der Waals surface area contributed by atoms with Gasteiger partial charge in [-0.05, 0) is 25.8 Å². The summed E-state index contributed by atoms with van der Waals surface area (Å²) in [5, 5.41) is 11.7. The van der Waals surface area contributed by atoms with Crippen LogP contribution in [-0.4, -0.2) is 47.1 Å². The molecule has 1 aliphatic heterocycles. The number of nitrogens with one attached hydrogen (secondary N) is 1. The van der Waals surface area contributed by atoms with Crippen LogP contribution in [0.25, 0.3) is 0 Å². The minimum Gasteiger partial charge on any atom is -0.481 e. The Morgan fingerprint density at radius 2 is 2.18 bits per heavy atom. The number of hydrogen-bond donors (Lipinski definition) is 2. The Kier molecular flexibility index (Phi) is 3.99. The predicted molar refractivity (Wildman–Crippen MR) is 62.6 cm³/mol. The third-order valence-corrected chi connectivity index (χ3v) is 3.73. The van der Waals surface area contributed by atoms with E-state index in [0.29, 0.717) is 19.0 Å². The Morgan fingerprint density at radius 1 is 1.41 bits per heavy atom. The van der Waals surface area contributed by atoms with Crippen molar-refractivity contribution in [2.24, 2.45) is 0 Å². The van der Waals surface area contributed by atoms with Crippen molar-refractivity contribution in [3.05, 3.63) is 0 Å². The highest BCUT2D eigenvalue weighted by Gasteiger charge is 2.35. The molecular formula is C12H20N2O3. The van der Waals surface area contributed by atoms with Crippen LogP contribution in [0.3, 0.4) is 0 Å². The Morgan fingerprint density at radius 3 is 2.94 bits per heavy atom. The van der Waals surface area contributed by atoms with E-state index in [2.05, 4.69) is 10.2 Å². The van der Waals surface area contributed by atoms with Crippen LogP contribution in [0.1, 0.15) is 38.5 Å². The highest BCUT2D eigenvalue weighted by atomic mass is 16.4. The maximum absolute atomic E-state index is 11.6. The van der Waals surface area contributed by atoms with Gasteiger partial charge in [-0.1, -0.05) is 12.8 Å². The first-order valence-corrected chi connectivity index (χ1v) is 6.42. The monoisotopic (exact) mass is 240 g/mol. The van der Waals surface area contributed by atoms with Crippen molar-refractivity contribution in [1.82, 2.24) is 10.2 Å². The van der Waals surface area contributed by atoms with Crippen LogP contribution in [0.5, 0.6) is 0 Å². The van der Waals surface area contributed by atoms with E-state index in [4.69, 9.17) is 5.11 Å². The first kappa shape index (κ1) is 12.4. The zero-order valence-corrected chi connectivity index (χ0v) is 10.0. The molecule has 1 amide bonds. The molecule has 0 aromatic rings. The normalized spacial score (nSPS) is 29.5. The quantitative estimate of drug-likeness (QED) is 0.754. The first-order valence-electron chi connectivity index (χ1n) is 6.42. The van der Waals surface area contributed by atoms with Gasteiger partial charge >= 0.3 is 5.97 Å². The van der Waals surface area contributed by atoms with Crippen LogP contribution in [-0.2, 0) is 9.59 Å². The van der Waals surface area contributed by atoms with Gasteiger partial charge in [0.2, 0.25) is 5.91 Å². The standard InChI is InChI=1S/C12H20N2O3/c15-11-8-14(7-3-6-12(16)17)10-5-2-1-4-9(10)13-11/h9-10H,1-8H2,(H,13,15)(H,16,17). The van der Waals surface area contributed by atoms with Crippen molar-refractivity contribution in [2.45, 2.75) is 50.6 Å². The van der Waals surface area contributed by atoms with Crippen LogP contribution in [0, 0.1) is 0 Å². The number of carboxylic acids is 1. The van der Waals surface area contributed by atoms with Gasteiger partial charge < -0.3 is 10.4 Å². The number of aliphatic carboxylic acids is 1. The molecule has 0 radical (unpaired) electrons. The van der Waals surface area contributed by atoms with Crippen molar-refractivity contribution in [1.29, 1.82) is 0 Å². The lowest BCUT2D eigenvalue weighted by Gasteiger charge is -2.44. The minimum atomic E-state index is -0.758. The maximum atomic E-state index is 11.6. The van der Waals surface area contributed by atoms with Gasteiger partial charge in [-0.3, -0.25) is 14.5 Å². The van der Waals surface area contributed by atoms with E-state index in [-0.39, 0.29) is 18.4 Å². The number of amides is 1. The largest absolute Gasteiger partial charge is 0.481 e. The molecular weight excluding hydrogens is 220 g/mol. The Labute approximate surface area is 101 Å². The summed E-state index contributed by atoms with van der Waals surface area (Å²) in [5.41, 5.74) is 0. The molecule has 5 heteroatoms. The van der Waals surface area contributed by atoms with E-state index >= 15 is 0 Å². The van der Waals surface area contributed by atoms with Gasteiger partial charge in [0.25, 0.3) is 0 Å². The van der Waals surface area contributed by atoms with E-state index in [0.717, 1.165) is 19.4 Å². The number of nitrogens with zero attached hydrogens (tertiary/aromatic N) is 1. The fraction of sp³-hybridized carbons (Fsp3) is 0.833. The van der Waals surface area contributed by atoms with Crippen molar-refractivity contribution in [3.8, 4) is 0 Å². The summed E-state index contributed by atoms with van der Waals surface area (Å²) in [6.45, 7) is 1.15. The fourth-order valence-corrected chi connectivity index (χ4v) is 2.95. The molecule has 2 N–H and O–H groups in total. The molecule has 2 fully saturated rings. The second-order valence-corrected chi connectivity index (χ2v) is 4.99. The molecule has 0 bridgehead atoms. The third kappa shape index (κ3) is 3.19. The molecule has 1 aliphatic carbocycles. The van der Waals surface area contributed by atoms with Crippen LogP contribution in [0.4, 0.5) is 0 Å². The van der Waals surface area contributed by atoms with Crippen LogP contribution < -0.4 is 5.32 Å².